The molecule has 1 aliphatic heterocycles. The van der Waals surface area contributed by atoms with E-state index in [2.05, 4.69) is 37.4 Å². The number of carbonyl (C=O) groups excluding carboxylic acids is 2. The van der Waals surface area contributed by atoms with Crippen LogP contribution in [0.4, 0.5) is 0 Å². The third-order valence-corrected chi connectivity index (χ3v) is 7.47. The monoisotopic (exact) mass is 470 g/mol. The van der Waals surface area contributed by atoms with Gasteiger partial charge in [-0.2, -0.15) is 0 Å². The van der Waals surface area contributed by atoms with E-state index < -0.39 is 0 Å². The van der Waals surface area contributed by atoms with Crippen molar-refractivity contribution in [3.63, 3.8) is 0 Å². The second kappa shape index (κ2) is 12.9. The normalized spacial score (nSPS) is 15.4. The number of aryl methyl sites for hydroxylation is 1. The number of carbonyl (C=O) groups is 2. The fourth-order valence-corrected chi connectivity index (χ4v) is 5.52. The maximum atomic E-state index is 13.7. The van der Waals surface area contributed by atoms with Gasteiger partial charge in [-0.15, -0.1) is 11.3 Å². The van der Waals surface area contributed by atoms with Crippen LogP contribution in [-0.2, 0) is 20.7 Å². The van der Waals surface area contributed by atoms with Crippen molar-refractivity contribution in [2.45, 2.75) is 64.8 Å². The van der Waals surface area contributed by atoms with E-state index in [1.54, 1.807) is 23.3 Å². The first kappa shape index (κ1) is 25.4. The Bertz CT molecular complexity index is 910. The van der Waals surface area contributed by atoms with E-state index in [9.17, 15) is 9.59 Å². The van der Waals surface area contributed by atoms with Gasteiger partial charge in [0.1, 0.15) is 0 Å². The van der Waals surface area contributed by atoms with E-state index in [1.165, 1.54) is 21.6 Å². The second-order valence-electron chi connectivity index (χ2n) is 8.87. The molecule has 1 aromatic heterocycles. The van der Waals surface area contributed by atoms with Gasteiger partial charge in [0.05, 0.1) is 12.6 Å². The minimum atomic E-state index is -0.0887. The van der Waals surface area contributed by atoms with Crippen LogP contribution in [0, 0.1) is 6.92 Å². The number of thiophene rings is 1. The lowest BCUT2D eigenvalue weighted by molar-refractivity contribution is -0.142. The molecule has 180 valence electrons. The summed E-state index contributed by atoms with van der Waals surface area (Å²) in [5, 5.41) is 2.13. The van der Waals surface area contributed by atoms with E-state index in [1.807, 2.05) is 17.0 Å². The summed E-state index contributed by atoms with van der Waals surface area (Å²) in [6.07, 6.45) is 6.35. The van der Waals surface area contributed by atoms with Gasteiger partial charge in [0.25, 0.3) is 0 Å². The van der Waals surface area contributed by atoms with Crippen LogP contribution in [0.2, 0.25) is 0 Å². The highest BCUT2D eigenvalue weighted by atomic mass is 32.1. The molecule has 0 N–H and O–H groups in total. The lowest BCUT2D eigenvalue weighted by Gasteiger charge is -2.38. The third kappa shape index (κ3) is 6.67. The fourth-order valence-electron chi connectivity index (χ4n) is 4.62. The van der Waals surface area contributed by atoms with Crippen molar-refractivity contribution >= 4 is 23.2 Å². The Labute approximate surface area is 202 Å². The molecule has 0 saturated carbocycles. The highest BCUT2D eigenvalue weighted by Gasteiger charge is 2.34. The van der Waals surface area contributed by atoms with Crippen LogP contribution < -0.4 is 0 Å². The zero-order valence-electron chi connectivity index (χ0n) is 20.3. The van der Waals surface area contributed by atoms with Gasteiger partial charge in [0, 0.05) is 38.1 Å². The summed E-state index contributed by atoms with van der Waals surface area (Å²) in [6, 6.07) is 10.4. The lowest BCUT2D eigenvalue weighted by Crippen LogP contribution is -2.47. The molecule has 0 saturated heterocycles. The molecule has 5 nitrogen and oxygen atoms in total. The van der Waals surface area contributed by atoms with Crippen molar-refractivity contribution in [3.05, 3.63) is 57.3 Å². The number of hydrogen-bond donors (Lipinski definition) is 0. The van der Waals surface area contributed by atoms with Crippen LogP contribution >= 0.6 is 11.3 Å². The molecule has 2 amide bonds. The Morgan fingerprint density at radius 2 is 1.94 bits per heavy atom. The Kier molecular flexibility index (Phi) is 9.95. The summed E-state index contributed by atoms with van der Waals surface area (Å²) < 4.78 is 5.19. The number of amides is 2. The molecule has 1 aromatic carbocycles. The SMILES string of the molecule is CCCCCCC(=O)N(CCCOC)CC(=O)N1CCc2sccc2C1c1ccccc1C. The molecule has 2 aromatic rings. The minimum Gasteiger partial charge on any atom is -0.385 e. The molecule has 33 heavy (non-hydrogen) atoms. The van der Waals surface area contributed by atoms with Crippen molar-refractivity contribution in [3.8, 4) is 0 Å². The highest BCUT2D eigenvalue weighted by Crippen LogP contribution is 2.39. The van der Waals surface area contributed by atoms with Crippen LogP contribution in [-0.4, -0.2) is 55.0 Å². The summed E-state index contributed by atoms with van der Waals surface area (Å²) in [6.45, 7) is 6.23. The van der Waals surface area contributed by atoms with E-state index in [4.69, 9.17) is 4.74 Å². The molecule has 3 rings (SSSR count). The van der Waals surface area contributed by atoms with Crippen molar-refractivity contribution in [1.29, 1.82) is 0 Å². The minimum absolute atomic E-state index is 0.0272. The summed E-state index contributed by atoms with van der Waals surface area (Å²) in [5.74, 6) is 0.107. The standard InChI is InChI=1S/C27H38N2O3S/c1-4-5-6-7-13-25(30)28(16-10-18-32-3)20-26(31)29-17-14-24-23(15-19-33-24)27(29)22-12-9-8-11-21(22)2/h8-9,11-12,15,19,27H,4-7,10,13-14,16-18,20H2,1-3H3. The summed E-state index contributed by atoms with van der Waals surface area (Å²) >= 11 is 1.77. The molecule has 1 unspecified atom stereocenters. The highest BCUT2D eigenvalue weighted by molar-refractivity contribution is 7.10. The lowest BCUT2D eigenvalue weighted by atomic mass is 9.90. The van der Waals surface area contributed by atoms with Crippen molar-refractivity contribution in [1.82, 2.24) is 9.80 Å². The van der Waals surface area contributed by atoms with Crippen LogP contribution in [0.25, 0.3) is 0 Å². The smallest absolute Gasteiger partial charge is 0.242 e. The van der Waals surface area contributed by atoms with Crippen molar-refractivity contribution in [2.24, 2.45) is 0 Å². The number of fused-ring (bicyclic) bond motifs is 1. The van der Waals surface area contributed by atoms with Crippen LogP contribution in [0.1, 0.15) is 73.1 Å². The van der Waals surface area contributed by atoms with E-state index >= 15 is 0 Å². The van der Waals surface area contributed by atoms with Gasteiger partial charge in [-0.25, -0.2) is 0 Å². The summed E-state index contributed by atoms with van der Waals surface area (Å²) in [5.41, 5.74) is 3.58. The third-order valence-electron chi connectivity index (χ3n) is 6.47. The summed E-state index contributed by atoms with van der Waals surface area (Å²) in [7, 11) is 1.67. The number of unbranched alkanes of at least 4 members (excludes halogenated alkanes) is 3. The average molecular weight is 471 g/mol. The molecule has 0 radical (unpaired) electrons. The quantitative estimate of drug-likeness (QED) is 0.392. The molecule has 1 aliphatic rings. The predicted molar refractivity (Wildman–Crippen MR) is 135 cm³/mol. The van der Waals surface area contributed by atoms with Gasteiger partial charge in [0.15, 0.2) is 0 Å². The molecule has 0 aliphatic carbocycles. The number of hydrogen-bond acceptors (Lipinski definition) is 4. The number of nitrogens with zero attached hydrogens (tertiary/aromatic N) is 2. The van der Waals surface area contributed by atoms with Gasteiger partial charge in [0.2, 0.25) is 11.8 Å². The molecular formula is C27H38N2O3S. The van der Waals surface area contributed by atoms with Crippen molar-refractivity contribution in [2.75, 3.05) is 33.4 Å². The molecule has 2 heterocycles. The zero-order chi connectivity index (χ0) is 23.6. The zero-order valence-corrected chi connectivity index (χ0v) is 21.2. The van der Waals surface area contributed by atoms with Gasteiger partial charge in [-0.3, -0.25) is 9.59 Å². The number of rotatable bonds is 12. The average Bonchev–Trinajstić information content (AvgIpc) is 3.30. The van der Waals surface area contributed by atoms with Gasteiger partial charge >= 0.3 is 0 Å². The number of benzene rings is 1. The number of methoxy groups -OCH3 is 1. The van der Waals surface area contributed by atoms with Gasteiger partial charge in [-0.05, 0) is 54.3 Å². The maximum Gasteiger partial charge on any atom is 0.242 e. The second-order valence-corrected chi connectivity index (χ2v) is 9.87. The Morgan fingerprint density at radius 1 is 1.12 bits per heavy atom. The summed E-state index contributed by atoms with van der Waals surface area (Å²) in [4.78, 5) is 31.8. The van der Waals surface area contributed by atoms with Gasteiger partial charge < -0.3 is 14.5 Å². The van der Waals surface area contributed by atoms with E-state index in [0.29, 0.717) is 26.1 Å². The molecule has 0 spiro atoms. The topological polar surface area (TPSA) is 49.9 Å². The molecule has 0 fully saturated rings. The predicted octanol–water partition coefficient (Wildman–Crippen LogP) is 5.37. The van der Waals surface area contributed by atoms with Gasteiger partial charge in [-0.1, -0.05) is 50.5 Å². The van der Waals surface area contributed by atoms with Crippen LogP contribution in [0.5, 0.6) is 0 Å². The molecule has 6 heteroatoms. The Morgan fingerprint density at radius 3 is 2.70 bits per heavy atom. The number of ether oxygens (including phenoxy) is 1. The first-order chi connectivity index (χ1) is 16.1. The molecule has 0 bridgehead atoms. The largest absolute Gasteiger partial charge is 0.385 e. The molecule has 1 atom stereocenters. The van der Waals surface area contributed by atoms with Crippen LogP contribution in [0.3, 0.4) is 0 Å². The fraction of sp³-hybridized carbons (Fsp3) is 0.556. The van der Waals surface area contributed by atoms with Crippen LogP contribution in [0.15, 0.2) is 35.7 Å². The van der Waals surface area contributed by atoms with E-state index in [-0.39, 0.29) is 24.4 Å². The maximum absolute atomic E-state index is 13.7. The van der Waals surface area contributed by atoms with Crippen molar-refractivity contribution < 1.29 is 14.3 Å². The Balaban J connectivity index is 1.78. The Hall–Kier alpha value is -2.18. The first-order valence-corrected chi connectivity index (χ1v) is 13.1. The molecular weight excluding hydrogens is 432 g/mol. The first-order valence-electron chi connectivity index (χ1n) is 12.2. The van der Waals surface area contributed by atoms with E-state index in [0.717, 1.165) is 38.5 Å².